The third-order valence-corrected chi connectivity index (χ3v) is 3.81. The van der Waals surface area contributed by atoms with Gasteiger partial charge in [0, 0.05) is 11.1 Å². The molecule has 0 fully saturated rings. The van der Waals surface area contributed by atoms with Gasteiger partial charge in [0.15, 0.2) is 17.3 Å². The first-order valence-electron chi connectivity index (χ1n) is 9.00. The van der Waals surface area contributed by atoms with Crippen LogP contribution in [-0.4, -0.2) is 32.7 Å². The maximum Gasteiger partial charge on any atom is 0.163 e. The second kappa shape index (κ2) is 11.8. The zero-order chi connectivity index (χ0) is 22.7. The molecule has 30 heavy (non-hydrogen) atoms. The summed E-state index contributed by atoms with van der Waals surface area (Å²) in [6.07, 6.45) is 0. The number of hydrogen-bond donors (Lipinski definition) is 3. The maximum absolute atomic E-state index is 10.7. The largest absolute Gasteiger partial charge is 0.508 e. The highest BCUT2D eigenvalue weighted by Gasteiger charge is 2.02. The summed E-state index contributed by atoms with van der Waals surface area (Å²) in [5.41, 5.74) is 1.54. The van der Waals surface area contributed by atoms with Crippen LogP contribution in [0.25, 0.3) is 0 Å². The molecule has 0 atom stereocenters. The fourth-order valence-corrected chi connectivity index (χ4v) is 2.19. The number of phenols is 3. The molecule has 0 unspecified atom stereocenters. The van der Waals surface area contributed by atoms with Crippen molar-refractivity contribution in [3.63, 3.8) is 0 Å². The Morgan fingerprint density at radius 1 is 0.567 bits per heavy atom. The number of carbonyl (C=O) groups excluding carboxylic acids is 3. The van der Waals surface area contributed by atoms with Crippen LogP contribution in [0.2, 0.25) is 0 Å². The van der Waals surface area contributed by atoms with Gasteiger partial charge in [-0.05, 0) is 69.3 Å². The predicted octanol–water partition coefficient (Wildman–Crippen LogP) is 4.78. The van der Waals surface area contributed by atoms with Crippen LogP contribution in [0.5, 0.6) is 17.2 Å². The molecule has 0 spiro atoms. The molecule has 0 radical (unpaired) electrons. The Morgan fingerprint density at radius 2 is 1.13 bits per heavy atom. The van der Waals surface area contributed by atoms with Crippen LogP contribution in [0.4, 0.5) is 0 Å². The quantitative estimate of drug-likeness (QED) is 0.538. The van der Waals surface area contributed by atoms with Crippen LogP contribution in [0.1, 0.15) is 51.8 Å². The van der Waals surface area contributed by atoms with Gasteiger partial charge in [-0.3, -0.25) is 14.4 Å². The summed E-state index contributed by atoms with van der Waals surface area (Å²) in [5, 5.41) is 26.8. The van der Waals surface area contributed by atoms with Gasteiger partial charge in [0.2, 0.25) is 0 Å². The number of rotatable bonds is 3. The van der Waals surface area contributed by atoms with Crippen molar-refractivity contribution < 1.29 is 29.7 Å². The molecule has 0 saturated heterocycles. The minimum absolute atomic E-state index is 0.0139. The van der Waals surface area contributed by atoms with Gasteiger partial charge in [-0.15, -0.1) is 0 Å². The van der Waals surface area contributed by atoms with Crippen LogP contribution >= 0.6 is 0 Å². The molecule has 3 rings (SSSR count). The molecular weight excluding hydrogens is 384 g/mol. The van der Waals surface area contributed by atoms with Gasteiger partial charge in [-0.1, -0.05) is 24.3 Å². The van der Waals surface area contributed by atoms with E-state index in [1.165, 1.54) is 51.1 Å². The van der Waals surface area contributed by atoms with Crippen LogP contribution in [0.3, 0.4) is 0 Å². The van der Waals surface area contributed by atoms with E-state index in [-0.39, 0.29) is 34.6 Å². The molecule has 0 heterocycles. The first-order valence-corrected chi connectivity index (χ1v) is 9.00. The fourth-order valence-electron chi connectivity index (χ4n) is 2.19. The highest BCUT2D eigenvalue weighted by molar-refractivity contribution is 5.96. The Morgan fingerprint density at radius 3 is 1.53 bits per heavy atom. The Labute approximate surface area is 175 Å². The lowest BCUT2D eigenvalue weighted by atomic mass is 10.1. The third kappa shape index (κ3) is 8.39. The van der Waals surface area contributed by atoms with Crippen LogP contribution in [0, 0.1) is 0 Å². The summed E-state index contributed by atoms with van der Waals surface area (Å²) < 4.78 is 0. The van der Waals surface area contributed by atoms with Crippen LogP contribution < -0.4 is 0 Å². The number of para-hydroxylation sites is 1. The van der Waals surface area contributed by atoms with Crippen molar-refractivity contribution in [2.24, 2.45) is 0 Å². The van der Waals surface area contributed by atoms with Crippen molar-refractivity contribution in [2.45, 2.75) is 20.8 Å². The van der Waals surface area contributed by atoms with Gasteiger partial charge in [0.1, 0.15) is 17.2 Å². The zero-order valence-corrected chi connectivity index (χ0v) is 17.0. The van der Waals surface area contributed by atoms with Crippen molar-refractivity contribution in [1.82, 2.24) is 0 Å². The van der Waals surface area contributed by atoms with Gasteiger partial charge < -0.3 is 15.3 Å². The lowest BCUT2D eigenvalue weighted by molar-refractivity contribution is 0.100. The van der Waals surface area contributed by atoms with E-state index in [0.29, 0.717) is 16.7 Å². The van der Waals surface area contributed by atoms with E-state index >= 15 is 0 Å². The number of benzene rings is 3. The molecule has 0 aromatic heterocycles. The normalized spacial score (nSPS) is 9.30. The molecule has 0 saturated carbocycles. The molecule has 156 valence electrons. The zero-order valence-electron chi connectivity index (χ0n) is 17.0. The molecular formula is C24H24O6. The molecule has 3 aromatic carbocycles. The molecule has 0 bridgehead atoms. The molecule has 0 amide bonds. The second-order valence-corrected chi connectivity index (χ2v) is 6.28. The number of phenolic OH excluding ortho intramolecular Hbond substituents is 3. The van der Waals surface area contributed by atoms with E-state index in [2.05, 4.69) is 0 Å². The molecule has 0 aliphatic rings. The minimum atomic E-state index is -0.113. The number of Topliss-reactive ketones (excluding diaryl/α,β-unsaturated/α-hetero) is 3. The summed E-state index contributed by atoms with van der Waals surface area (Å²) in [5.74, 6) is 0.238. The van der Waals surface area contributed by atoms with Crippen molar-refractivity contribution >= 4 is 17.3 Å². The van der Waals surface area contributed by atoms with Gasteiger partial charge in [0.25, 0.3) is 0 Å². The lowest BCUT2D eigenvalue weighted by Gasteiger charge is -1.96. The van der Waals surface area contributed by atoms with Crippen LogP contribution in [-0.2, 0) is 0 Å². The molecule has 6 nitrogen and oxygen atoms in total. The average molecular weight is 408 g/mol. The van der Waals surface area contributed by atoms with E-state index in [0.717, 1.165) is 0 Å². The van der Waals surface area contributed by atoms with Gasteiger partial charge in [-0.2, -0.15) is 0 Å². The molecule has 3 aromatic rings. The molecule has 0 aliphatic heterocycles. The molecule has 3 N–H and O–H groups in total. The molecule has 0 aliphatic carbocycles. The Hall–Kier alpha value is -3.93. The number of ketones is 3. The highest BCUT2D eigenvalue weighted by atomic mass is 16.3. The topological polar surface area (TPSA) is 112 Å². The smallest absolute Gasteiger partial charge is 0.163 e. The van der Waals surface area contributed by atoms with Gasteiger partial charge in [-0.25, -0.2) is 0 Å². The summed E-state index contributed by atoms with van der Waals surface area (Å²) >= 11 is 0. The van der Waals surface area contributed by atoms with Crippen LogP contribution in [0.15, 0.2) is 72.8 Å². The predicted molar refractivity (Wildman–Crippen MR) is 114 cm³/mol. The Balaban J connectivity index is 0.000000225. The van der Waals surface area contributed by atoms with Gasteiger partial charge in [0.05, 0.1) is 5.56 Å². The van der Waals surface area contributed by atoms with Crippen molar-refractivity contribution in [3.8, 4) is 17.2 Å². The first kappa shape index (κ1) is 24.1. The van der Waals surface area contributed by atoms with E-state index in [4.69, 9.17) is 15.3 Å². The number of aromatic hydroxyl groups is 3. The Kier molecular flexibility index (Phi) is 9.49. The molecule has 6 heteroatoms. The third-order valence-electron chi connectivity index (χ3n) is 3.81. The van der Waals surface area contributed by atoms with Gasteiger partial charge >= 0.3 is 0 Å². The SMILES string of the molecule is CC(=O)c1ccc(O)cc1.CC(=O)c1cccc(O)c1.CC(=O)c1ccccc1O. The van der Waals surface area contributed by atoms with E-state index in [1.807, 2.05) is 0 Å². The summed E-state index contributed by atoms with van der Waals surface area (Å²) in [4.78, 5) is 32.1. The lowest BCUT2D eigenvalue weighted by Crippen LogP contribution is -1.90. The Bertz CT molecular complexity index is 1010. The summed E-state index contributed by atoms with van der Waals surface area (Å²) in [6.45, 7) is 4.39. The fraction of sp³-hybridized carbons (Fsp3) is 0.125. The number of hydrogen-bond acceptors (Lipinski definition) is 6. The van der Waals surface area contributed by atoms with Crippen molar-refractivity contribution in [3.05, 3.63) is 89.5 Å². The average Bonchev–Trinajstić information content (AvgIpc) is 2.69. The maximum atomic E-state index is 10.7. The monoisotopic (exact) mass is 408 g/mol. The number of carbonyl (C=O) groups is 3. The second-order valence-electron chi connectivity index (χ2n) is 6.28. The summed E-state index contributed by atoms with van der Waals surface area (Å²) in [7, 11) is 0. The standard InChI is InChI=1S/3C8H8O2/c1-6(9)7-2-4-8(10)5-3-7;1-6(9)7-3-2-4-8(10)5-7;1-6(9)7-4-2-3-5-8(7)10/h3*2-5,10H,1H3. The van der Waals surface area contributed by atoms with E-state index in [9.17, 15) is 14.4 Å². The highest BCUT2D eigenvalue weighted by Crippen LogP contribution is 2.15. The van der Waals surface area contributed by atoms with E-state index in [1.54, 1.807) is 42.5 Å². The van der Waals surface area contributed by atoms with Crippen molar-refractivity contribution in [2.75, 3.05) is 0 Å². The first-order chi connectivity index (χ1) is 14.1. The van der Waals surface area contributed by atoms with E-state index < -0.39 is 0 Å². The minimum Gasteiger partial charge on any atom is -0.508 e. The summed E-state index contributed by atoms with van der Waals surface area (Å²) in [6, 6.07) is 19.0. The van der Waals surface area contributed by atoms with Crippen molar-refractivity contribution in [1.29, 1.82) is 0 Å².